The Labute approximate surface area is 225 Å². The van der Waals surface area contributed by atoms with Crippen molar-refractivity contribution in [3.05, 3.63) is 108 Å². The number of carbonyl (C=O) groups is 2. The Morgan fingerprint density at radius 1 is 0.821 bits per heavy atom. The van der Waals surface area contributed by atoms with Gasteiger partial charge >= 0.3 is 5.97 Å². The molecule has 1 N–H and O–H groups in total. The molecule has 0 unspecified atom stereocenters. The maximum atomic E-state index is 14.4. The molecule has 1 amide bonds. The summed E-state index contributed by atoms with van der Waals surface area (Å²) < 4.78 is 34.3. The van der Waals surface area contributed by atoms with Crippen molar-refractivity contribution in [1.82, 2.24) is 4.98 Å². The lowest BCUT2D eigenvalue weighted by molar-refractivity contribution is -0.136. The van der Waals surface area contributed by atoms with E-state index in [9.17, 15) is 18.0 Å². The molecule has 8 nitrogen and oxygen atoms in total. The number of aryl methyl sites for hydroxylation is 1. The van der Waals surface area contributed by atoms with Gasteiger partial charge in [0.05, 0.1) is 34.3 Å². The van der Waals surface area contributed by atoms with Gasteiger partial charge in [-0.2, -0.15) is 4.31 Å². The molecule has 1 aromatic heterocycles. The summed E-state index contributed by atoms with van der Waals surface area (Å²) >= 11 is 0. The Morgan fingerprint density at radius 3 is 1.92 bits per heavy atom. The van der Waals surface area contributed by atoms with Crippen LogP contribution in [0.15, 0.2) is 102 Å². The lowest BCUT2D eigenvalue weighted by Gasteiger charge is -2.24. The van der Waals surface area contributed by atoms with Gasteiger partial charge in [0, 0.05) is 17.2 Å². The van der Waals surface area contributed by atoms with Crippen LogP contribution >= 0.6 is 0 Å². The fraction of sp³-hybridized carbons (Fsp3) is 0.100. The number of benzene rings is 4. The van der Waals surface area contributed by atoms with E-state index in [-0.39, 0.29) is 29.0 Å². The number of hydrogen-bond acceptors (Lipinski definition) is 6. The third kappa shape index (κ3) is 5.04. The maximum Gasteiger partial charge on any atom is 0.303 e. The van der Waals surface area contributed by atoms with Gasteiger partial charge in [-0.3, -0.25) is 9.59 Å². The number of fused-ring (bicyclic) bond motifs is 2. The Hall–Kier alpha value is -4.76. The second kappa shape index (κ2) is 10.5. The zero-order valence-corrected chi connectivity index (χ0v) is 21.8. The summed E-state index contributed by atoms with van der Waals surface area (Å²) in [7, 11) is -2.90. The molecule has 0 fully saturated rings. The summed E-state index contributed by atoms with van der Waals surface area (Å²) in [6, 6.07) is 26.3. The first-order valence-electron chi connectivity index (χ1n) is 12.1. The number of aromatic nitrogens is 1. The van der Waals surface area contributed by atoms with Crippen LogP contribution < -0.4 is 9.04 Å². The number of ether oxygens (including phenoxy) is 1. The smallest absolute Gasteiger partial charge is 0.303 e. The number of nitrogens with zero attached hydrogens (tertiary/aromatic N) is 2. The molecule has 9 heteroatoms. The van der Waals surface area contributed by atoms with Crippen LogP contribution in [0.5, 0.6) is 5.75 Å². The highest BCUT2D eigenvalue weighted by atomic mass is 32.2. The second-order valence-electron chi connectivity index (χ2n) is 8.83. The normalized spacial score (nSPS) is 11.4. The van der Waals surface area contributed by atoms with Gasteiger partial charge in [-0.05, 0) is 60.5 Å². The van der Waals surface area contributed by atoms with E-state index in [2.05, 4.69) is 4.98 Å². The quantitative estimate of drug-likeness (QED) is 0.260. The molecule has 0 atom stereocenters. The molecule has 5 aromatic rings. The van der Waals surface area contributed by atoms with Crippen LogP contribution in [0, 0.1) is 0 Å². The van der Waals surface area contributed by atoms with Crippen LogP contribution in [-0.2, 0) is 21.2 Å². The van der Waals surface area contributed by atoms with E-state index in [4.69, 9.17) is 9.84 Å². The van der Waals surface area contributed by atoms with Crippen molar-refractivity contribution < 1.29 is 27.9 Å². The summed E-state index contributed by atoms with van der Waals surface area (Å²) in [4.78, 5) is 29.9. The summed E-state index contributed by atoms with van der Waals surface area (Å²) in [6.45, 7) is 0. The van der Waals surface area contributed by atoms with Gasteiger partial charge in [-0.1, -0.05) is 48.5 Å². The minimum atomic E-state index is -4.40. The summed E-state index contributed by atoms with van der Waals surface area (Å²) in [5.74, 6) is -1.17. The zero-order valence-electron chi connectivity index (χ0n) is 20.9. The molecular formula is C30H24N2O6S. The Bertz CT molecular complexity index is 1750. The molecule has 4 aromatic carbocycles. The summed E-state index contributed by atoms with van der Waals surface area (Å²) in [5, 5.41) is 10.0. The van der Waals surface area contributed by atoms with Crippen LogP contribution in [0.2, 0.25) is 0 Å². The molecule has 0 spiro atoms. The Kier molecular flexibility index (Phi) is 7.00. The van der Waals surface area contributed by atoms with E-state index >= 15 is 0 Å². The van der Waals surface area contributed by atoms with Gasteiger partial charge in [0.2, 0.25) is 0 Å². The van der Waals surface area contributed by atoms with Gasteiger partial charge < -0.3 is 9.84 Å². The van der Waals surface area contributed by atoms with Crippen molar-refractivity contribution in [1.29, 1.82) is 0 Å². The first-order chi connectivity index (χ1) is 18.8. The number of methoxy groups -OCH3 is 1. The fourth-order valence-corrected chi connectivity index (χ4v) is 5.84. The SMILES string of the molecule is COc1ccc(N(C(=O)c2c3ccccc3nc3ccccc23)S(=O)(=O)c2ccc(CCC(=O)O)cc2)cc1. The third-order valence-corrected chi connectivity index (χ3v) is 8.11. The van der Waals surface area contributed by atoms with Crippen molar-refractivity contribution in [3.63, 3.8) is 0 Å². The minimum absolute atomic E-state index is 0.0786. The fourth-order valence-electron chi connectivity index (χ4n) is 4.44. The lowest BCUT2D eigenvalue weighted by Crippen LogP contribution is -2.37. The molecule has 0 aliphatic rings. The number of aliphatic carboxylic acids is 1. The van der Waals surface area contributed by atoms with Gasteiger partial charge in [0.15, 0.2) is 0 Å². The standard InChI is InChI=1S/C30H24N2O6S/c1-38-22-15-13-21(14-16-22)32(39(36,37)23-17-10-20(11-18-23)12-19-28(33)34)30(35)29-24-6-2-4-8-26(24)31-27-9-5-3-7-25(27)29/h2-11,13-18H,12,19H2,1H3,(H,33,34). The molecule has 1 heterocycles. The molecule has 0 radical (unpaired) electrons. The molecule has 0 aliphatic heterocycles. The third-order valence-electron chi connectivity index (χ3n) is 6.38. The van der Waals surface area contributed by atoms with Crippen molar-refractivity contribution >= 4 is 49.4 Å². The van der Waals surface area contributed by atoms with Crippen LogP contribution in [0.1, 0.15) is 22.3 Å². The van der Waals surface area contributed by atoms with Crippen LogP contribution in [0.25, 0.3) is 21.8 Å². The Morgan fingerprint density at radius 2 is 1.38 bits per heavy atom. The maximum absolute atomic E-state index is 14.4. The number of carboxylic acid groups (broad SMARTS) is 1. The van der Waals surface area contributed by atoms with Gasteiger partial charge in [0.25, 0.3) is 15.9 Å². The molecule has 196 valence electrons. The zero-order chi connectivity index (χ0) is 27.6. The van der Waals surface area contributed by atoms with Crippen LogP contribution in [0.4, 0.5) is 5.69 Å². The van der Waals surface area contributed by atoms with E-state index < -0.39 is 21.9 Å². The van der Waals surface area contributed by atoms with E-state index in [1.807, 2.05) is 12.1 Å². The van der Waals surface area contributed by atoms with Crippen molar-refractivity contribution in [2.45, 2.75) is 17.7 Å². The highest BCUT2D eigenvalue weighted by Crippen LogP contribution is 2.33. The number of hydrogen-bond donors (Lipinski definition) is 1. The molecule has 0 saturated heterocycles. The van der Waals surface area contributed by atoms with Gasteiger partial charge in [0.1, 0.15) is 5.75 Å². The van der Waals surface area contributed by atoms with E-state index in [0.29, 0.717) is 33.1 Å². The van der Waals surface area contributed by atoms with E-state index in [0.717, 1.165) is 4.31 Å². The van der Waals surface area contributed by atoms with Crippen LogP contribution in [0.3, 0.4) is 0 Å². The predicted molar refractivity (Wildman–Crippen MR) is 149 cm³/mol. The number of carboxylic acids is 1. The molecule has 5 rings (SSSR count). The van der Waals surface area contributed by atoms with E-state index in [1.165, 1.54) is 31.4 Å². The highest BCUT2D eigenvalue weighted by molar-refractivity contribution is 7.93. The Balaban J connectivity index is 1.69. The molecule has 0 bridgehead atoms. The molecule has 39 heavy (non-hydrogen) atoms. The molecule has 0 aliphatic carbocycles. The average Bonchev–Trinajstić information content (AvgIpc) is 2.95. The number of sulfonamides is 1. The number of para-hydroxylation sites is 2. The number of anilines is 1. The largest absolute Gasteiger partial charge is 0.497 e. The minimum Gasteiger partial charge on any atom is -0.497 e. The molecule has 0 saturated carbocycles. The number of amides is 1. The second-order valence-corrected chi connectivity index (χ2v) is 10.6. The average molecular weight is 541 g/mol. The number of carbonyl (C=O) groups excluding carboxylic acids is 1. The van der Waals surface area contributed by atoms with Crippen LogP contribution in [-0.4, -0.2) is 37.5 Å². The first kappa shape index (κ1) is 25.9. The number of pyridine rings is 1. The predicted octanol–water partition coefficient (Wildman–Crippen LogP) is 5.45. The lowest BCUT2D eigenvalue weighted by atomic mass is 10.0. The first-order valence-corrected chi connectivity index (χ1v) is 13.6. The summed E-state index contributed by atoms with van der Waals surface area (Å²) in [5.41, 5.74) is 2.16. The topological polar surface area (TPSA) is 114 Å². The monoisotopic (exact) mass is 540 g/mol. The van der Waals surface area contributed by atoms with Crippen molar-refractivity contribution in [3.8, 4) is 5.75 Å². The van der Waals surface area contributed by atoms with Gasteiger partial charge in [-0.25, -0.2) is 13.4 Å². The van der Waals surface area contributed by atoms with Crippen molar-refractivity contribution in [2.75, 3.05) is 11.4 Å². The van der Waals surface area contributed by atoms with Crippen molar-refractivity contribution in [2.24, 2.45) is 0 Å². The summed E-state index contributed by atoms with van der Waals surface area (Å²) in [6.07, 6.45) is 0.177. The van der Waals surface area contributed by atoms with Gasteiger partial charge in [-0.15, -0.1) is 0 Å². The number of rotatable bonds is 8. The van der Waals surface area contributed by atoms with E-state index in [1.54, 1.807) is 60.7 Å². The molecular weight excluding hydrogens is 516 g/mol. The highest BCUT2D eigenvalue weighted by Gasteiger charge is 2.34.